The van der Waals surface area contributed by atoms with Crippen molar-refractivity contribution < 1.29 is 9.53 Å². The number of hydrogen-bond acceptors (Lipinski definition) is 4. The highest BCUT2D eigenvalue weighted by Gasteiger charge is 2.36. The number of benzene rings is 1. The lowest BCUT2D eigenvalue weighted by Crippen LogP contribution is -2.55. The number of nitrogens with zero attached hydrogens (tertiary/aromatic N) is 1. The third kappa shape index (κ3) is 4.48. The van der Waals surface area contributed by atoms with Crippen LogP contribution in [0, 0.1) is 0 Å². The summed E-state index contributed by atoms with van der Waals surface area (Å²) < 4.78 is 6.82. The van der Waals surface area contributed by atoms with Crippen molar-refractivity contribution in [2.24, 2.45) is 5.73 Å². The summed E-state index contributed by atoms with van der Waals surface area (Å²) in [6.07, 6.45) is 2.60. The first kappa shape index (κ1) is 19.2. The molecule has 7 heteroatoms. The van der Waals surface area contributed by atoms with E-state index in [2.05, 4.69) is 5.32 Å². The molecular weight excluding hydrogens is 342 g/mol. The fourth-order valence-corrected chi connectivity index (χ4v) is 2.75. The number of aromatic nitrogens is 1. The first-order valence-corrected chi connectivity index (χ1v) is 8.00. The molecule has 0 radical (unpaired) electrons. The van der Waals surface area contributed by atoms with Crippen molar-refractivity contribution in [2.45, 2.75) is 24.9 Å². The highest BCUT2D eigenvalue weighted by molar-refractivity contribution is 5.97. The molecular formula is C18H22ClN3O3. The van der Waals surface area contributed by atoms with E-state index in [9.17, 15) is 9.59 Å². The van der Waals surface area contributed by atoms with E-state index < -0.39 is 5.54 Å². The van der Waals surface area contributed by atoms with Gasteiger partial charge in [-0.3, -0.25) is 9.59 Å². The average Bonchev–Trinajstić information content (AvgIpc) is 2.60. The van der Waals surface area contributed by atoms with Crippen LogP contribution in [-0.4, -0.2) is 29.2 Å². The van der Waals surface area contributed by atoms with Crippen LogP contribution >= 0.6 is 12.4 Å². The van der Waals surface area contributed by atoms with Gasteiger partial charge in [-0.05, 0) is 30.5 Å². The van der Waals surface area contributed by atoms with Crippen molar-refractivity contribution in [3.63, 3.8) is 0 Å². The van der Waals surface area contributed by atoms with Crippen LogP contribution in [0.4, 0.5) is 5.69 Å². The van der Waals surface area contributed by atoms with E-state index in [4.69, 9.17) is 10.5 Å². The fraction of sp³-hybridized carbons (Fsp3) is 0.333. The number of amides is 1. The van der Waals surface area contributed by atoms with Crippen molar-refractivity contribution in [1.82, 2.24) is 4.57 Å². The molecule has 1 fully saturated rings. The van der Waals surface area contributed by atoms with E-state index in [1.54, 1.807) is 22.9 Å². The molecule has 0 saturated carbocycles. The Bertz CT molecular complexity index is 771. The number of nitrogens with one attached hydrogen (secondary N) is 1. The molecule has 2 aromatic rings. The van der Waals surface area contributed by atoms with Gasteiger partial charge >= 0.3 is 0 Å². The van der Waals surface area contributed by atoms with Gasteiger partial charge in [0.25, 0.3) is 5.56 Å². The van der Waals surface area contributed by atoms with Crippen molar-refractivity contribution >= 4 is 24.0 Å². The molecule has 0 spiro atoms. The predicted octanol–water partition coefficient (Wildman–Crippen LogP) is 1.76. The Kier molecular flexibility index (Phi) is 6.36. The topological polar surface area (TPSA) is 86.4 Å². The summed E-state index contributed by atoms with van der Waals surface area (Å²) >= 11 is 0. The van der Waals surface area contributed by atoms with Gasteiger partial charge in [0, 0.05) is 19.4 Å². The second-order valence-corrected chi connectivity index (χ2v) is 6.06. The smallest absolute Gasteiger partial charge is 0.274 e. The molecule has 1 aliphatic heterocycles. The van der Waals surface area contributed by atoms with Gasteiger partial charge in [0.1, 0.15) is 11.2 Å². The van der Waals surface area contributed by atoms with E-state index >= 15 is 0 Å². The van der Waals surface area contributed by atoms with Crippen LogP contribution in [0.15, 0.2) is 53.5 Å². The Morgan fingerprint density at radius 1 is 1.16 bits per heavy atom. The van der Waals surface area contributed by atoms with Crippen molar-refractivity contribution in [1.29, 1.82) is 0 Å². The first-order chi connectivity index (χ1) is 11.6. The van der Waals surface area contributed by atoms with E-state index in [0.29, 0.717) is 32.6 Å². The molecule has 0 bridgehead atoms. The Hall–Kier alpha value is -2.15. The molecule has 2 heterocycles. The van der Waals surface area contributed by atoms with E-state index in [0.717, 1.165) is 5.56 Å². The van der Waals surface area contributed by atoms with Crippen LogP contribution in [0.2, 0.25) is 0 Å². The molecule has 1 aliphatic rings. The Balaban J connectivity index is 0.00000225. The van der Waals surface area contributed by atoms with Gasteiger partial charge in [0.15, 0.2) is 0 Å². The molecule has 0 aliphatic carbocycles. The highest BCUT2D eigenvalue weighted by atomic mass is 35.5. The van der Waals surface area contributed by atoms with Gasteiger partial charge in [0.05, 0.1) is 6.54 Å². The number of ether oxygens (including phenoxy) is 1. The summed E-state index contributed by atoms with van der Waals surface area (Å²) in [5.41, 5.74) is 6.20. The Morgan fingerprint density at radius 3 is 2.52 bits per heavy atom. The number of rotatable bonds is 4. The van der Waals surface area contributed by atoms with Gasteiger partial charge in [-0.25, -0.2) is 0 Å². The maximum Gasteiger partial charge on any atom is 0.274 e. The van der Waals surface area contributed by atoms with E-state index in [-0.39, 0.29) is 29.6 Å². The summed E-state index contributed by atoms with van der Waals surface area (Å²) in [6, 6.07) is 13.0. The van der Waals surface area contributed by atoms with E-state index in [1.807, 2.05) is 30.3 Å². The second kappa shape index (κ2) is 8.29. The van der Waals surface area contributed by atoms with Crippen LogP contribution in [0.1, 0.15) is 18.4 Å². The number of carbonyl (C=O) groups is 1. The minimum absolute atomic E-state index is 0. The molecule has 1 amide bonds. The zero-order valence-electron chi connectivity index (χ0n) is 13.8. The van der Waals surface area contributed by atoms with Crippen molar-refractivity contribution in [2.75, 3.05) is 18.5 Å². The second-order valence-electron chi connectivity index (χ2n) is 6.06. The SMILES string of the molecule is Cl.NC1(C(=O)Nc2cccn(Cc3ccccc3)c2=O)CCOCC1. The Labute approximate surface area is 152 Å². The number of anilines is 1. The van der Waals surface area contributed by atoms with Crippen LogP contribution in [0.25, 0.3) is 0 Å². The monoisotopic (exact) mass is 363 g/mol. The highest BCUT2D eigenvalue weighted by Crippen LogP contribution is 2.19. The molecule has 0 atom stereocenters. The maximum atomic E-state index is 12.6. The molecule has 1 saturated heterocycles. The van der Waals surface area contributed by atoms with Gasteiger partial charge in [-0.1, -0.05) is 30.3 Å². The molecule has 25 heavy (non-hydrogen) atoms. The predicted molar refractivity (Wildman–Crippen MR) is 99.1 cm³/mol. The molecule has 134 valence electrons. The molecule has 3 N–H and O–H groups in total. The third-order valence-electron chi connectivity index (χ3n) is 4.30. The summed E-state index contributed by atoms with van der Waals surface area (Å²) in [6.45, 7) is 1.36. The summed E-state index contributed by atoms with van der Waals surface area (Å²) in [7, 11) is 0. The third-order valence-corrected chi connectivity index (χ3v) is 4.30. The zero-order chi connectivity index (χ0) is 17.0. The van der Waals surface area contributed by atoms with Gasteiger partial charge < -0.3 is 20.4 Å². The van der Waals surface area contributed by atoms with Crippen molar-refractivity contribution in [3.8, 4) is 0 Å². The molecule has 0 unspecified atom stereocenters. The van der Waals surface area contributed by atoms with Gasteiger partial charge in [-0.2, -0.15) is 0 Å². The van der Waals surface area contributed by atoms with Crippen LogP contribution in [0.3, 0.4) is 0 Å². The summed E-state index contributed by atoms with van der Waals surface area (Å²) in [4.78, 5) is 25.0. The number of pyridine rings is 1. The molecule has 1 aromatic heterocycles. The quantitative estimate of drug-likeness (QED) is 0.866. The lowest BCUT2D eigenvalue weighted by molar-refractivity contribution is -0.124. The summed E-state index contributed by atoms with van der Waals surface area (Å²) in [5, 5.41) is 2.69. The van der Waals surface area contributed by atoms with Gasteiger partial charge in [-0.15, -0.1) is 12.4 Å². The maximum absolute atomic E-state index is 12.6. The van der Waals surface area contributed by atoms with Crippen LogP contribution in [0.5, 0.6) is 0 Å². The lowest BCUT2D eigenvalue weighted by atomic mass is 9.90. The number of halogens is 1. The van der Waals surface area contributed by atoms with Crippen LogP contribution < -0.4 is 16.6 Å². The first-order valence-electron chi connectivity index (χ1n) is 8.00. The van der Waals surface area contributed by atoms with Crippen LogP contribution in [-0.2, 0) is 16.1 Å². The van der Waals surface area contributed by atoms with E-state index in [1.165, 1.54) is 0 Å². The molecule has 3 rings (SSSR count). The molecule has 1 aromatic carbocycles. The fourth-order valence-electron chi connectivity index (χ4n) is 2.75. The standard InChI is InChI=1S/C18H21N3O3.ClH/c19-18(8-11-24-12-9-18)17(23)20-15-7-4-10-21(16(15)22)13-14-5-2-1-3-6-14;/h1-7,10H,8-9,11-13,19H2,(H,20,23);1H. The average molecular weight is 364 g/mol. The Morgan fingerprint density at radius 2 is 1.84 bits per heavy atom. The molecule has 6 nitrogen and oxygen atoms in total. The summed E-state index contributed by atoms with van der Waals surface area (Å²) in [5.74, 6) is -0.333. The van der Waals surface area contributed by atoms with Gasteiger partial charge in [0.2, 0.25) is 5.91 Å². The number of nitrogens with two attached hydrogens (primary N) is 1. The number of hydrogen-bond donors (Lipinski definition) is 2. The van der Waals surface area contributed by atoms with Crippen molar-refractivity contribution in [3.05, 3.63) is 64.6 Å². The number of carbonyl (C=O) groups excluding carboxylic acids is 1. The minimum Gasteiger partial charge on any atom is -0.381 e. The normalized spacial score (nSPS) is 15.9. The minimum atomic E-state index is -0.981. The lowest BCUT2D eigenvalue weighted by Gasteiger charge is -2.31. The zero-order valence-corrected chi connectivity index (χ0v) is 14.6. The largest absolute Gasteiger partial charge is 0.381 e.